The fraction of sp³-hybridized carbons (Fsp3) is 0.538. The van der Waals surface area contributed by atoms with Gasteiger partial charge in [-0.15, -0.1) is 0 Å². The average Bonchev–Trinajstić information content (AvgIpc) is 3.19. The zero-order chi connectivity index (χ0) is 26.2. The molecule has 1 aromatic heterocycles. The molecule has 2 aromatic rings. The van der Waals surface area contributed by atoms with Crippen molar-refractivity contribution in [2.75, 3.05) is 24.5 Å². The zero-order valence-electron chi connectivity index (χ0n) is 21.4. The van der Waals surface area contributed by atoms with E-state index in [0.717, 1.165) is 22.6 Å². The number of hydrogen-bond acceptors (Lipinski definition) is 6. The molecule has 2 amide bonds. The third kappa shape index (κ3) is 5.27. The molecule has 0 radical (unpaired) electrons. The smallest absolute Gasteiger partial charge is 0.405 e. The third-order valence-electron chi connectivity index (χ3n) is 7.07. The number of carbonyl (C=O) groups is 2. The summed E-state index contributed by atoms with van der Waals surface area (Å²) < 4.78 is 5.76. The summed E-state index contributed by atoms with van der Waals surface area (Å²) in [5.41, 5.74) is 2.36. The van der Waals surface area contributed by atoms with Crippen LogP contribution in [-0.2, 0) is 16.1 Å². The number of carbonyl (C=O) groups excluding carboxylic acids is 1. The van der Waals surface area contributed by atoms with Crippen molar-refractivity contribution in [3.05, 3.63) is 52.4 Å². The summed E-state index contributed by atoms with van der Waals surface area (Å²) in [6.45, 7) is 12.0. The number of aromatic nitrogens is 2. The second kappa shape index (κ2) is 10.2. The lowest BCUT2D eigenvalue weighted by molar-refractivity contribution is -0.135. The molecule has 0 spiro atoms. The first-order valence-corrected chi connectivity index (χ1v) is 12.6. The van der Waals surface area contributed by atoms with Crippen molar-refractivity contribution >= 4 is 29.4 Å². The molecule has 1 fully saturated rings. The van der Waals surface area contributed by atoms with Crippen molar-refractivity contribution in [1.82, 2.24) is 20.2 Å². The lowest BCUT2D eigenvalue weighted by atomic mass is 9.71. The van der Waals surface area contributed by atoms with E-state index in [-0.39, 0.29) is 18.1 Å². The number of nitrogens with one attached hydrogen (secondary N) is 1. The number of rotatable bonds is 5. The van der Waals surface area contributed by atoms with Crippen molar-refractivity contribution in [2.24, 2.45) is 5.41 Å². The molecule has 9 nitrogen and oxygen atoms in total. The van der Waals surface area contributed by atoms with E-state index in [4.69, 9.17) is 16.3 Å². The summed E-state index contributed by atoms with van der Waals surface area (Å²) >= 11 is 6.10. The van der Waals surface area contributed by atoms with Gasteiger partial charge in [0, 0.05) is 42.2 Å². The number of anilines is 1. The second-order valence-electron chi connectivity index (χ2n) is 10.7. The van der Waals surface area contributed by atoms with Gasteiger partial charge in [-0.1, -0.05) is 44.5 Å². The SMILES string of the molecule is CC1OCc2ncnc(N3CCN(C(=O)[C@H](NC(=O)O)C(c4ccc(Cl)cc4)C(C)(C)C)C[C@@H]3C)c21. The second-order valence-corrected chi connectivity index (χ2v) is 11.1. The fourth-order valence-electron chi connectivity index (χ4n) is 5.42. The highest BCUT2D eigenvalue weighted by Crippen LogP contribution is 2.40. The van der Waals surface area contributed by atoms with E-state index in [2.05, 4.69) is 27.1 Å². The first-order valence-electron chi connectivity index (χ1n) is 12.2. The number of carboxylic acid groups (broad SMARTS) is 1. The van der Waals surface area contributed by atoms with Crippen molar-refractivity contribution in [2.45, 2.75) is 65.3 Å². The standard InChI is InChI=1S/C26H34ClN5O4/c1-15-12-31(10-11-32(15)23-20-16(2)36-13-19(20)28-14-29-23)24(33)22(30-25(34)35)21(26(3,4)5)17-6-8-18(27)9-7-17/h6-9,14-16,21-22,30H,10-13H2,1-5H3,(H,34,35)/t15-,16?,21?,22+/m0/s1. The first kappa shape index (κ1) is 26.2. The Bertz CT molecular complexity index is 1120. The lowest BCUT2D eigenvalue weighted by Gasteiger charge is -2.44. The highest BCUT2D eigenvalue weighted by atomic mass is 35.5. The molecule has 2 aliphatic rings. The molecule has 194 valence electrons. The van der Waals surface area contributed by atoms with Gasteiger partial charge in [-0.2, -0.15) is 0 Å². The van der Waals surface area contributed by atoms with E-state index in [1.165, 1.54) is 0 Å². The van der Waals surface area contributed by atoms with E-state index in [1.54, 1.807) is 23.4 Å². The molecule has 0 saturated carbocycles. The molecule has 2 N–H and O–H groups in total. The monoisotopic (exact) mass is 515 g/mol. The number of benzene rings is 1. The predicted molar refractivity (Wildman–Crippen MR) is 137 cm³/mol. The summed E-state index contributed by atoms with van der Waals surface area (Å²) in [6.07, 6.45) is 0.250. The van der Waals surface area contributed by atoms with Gasteiger partial charge < -0.3 is 25.0 Å². The highest BCUT2D eigenvalue weighted by Gasteiger charge is 2.42. The van der Waals surface area contributed by atoms with E-state index < -0.39 is 23.5 Å². The van der Waals surface area contributed by atoms with Crippen LogP contribution in [0.4, 0.5) is 10.6 Å². The number of halogens is 1. The van der Waals surface area contributed by atoms with Crippen LogP contribution in [0.25, 0.3) is 0 Å². The Morgan fingerprint density at radius 2 is 1.86 bits per heavy atom. The summed E-state index contributed by atoms with van der Waals surface area (Å²) in [5.74, 6) is 0.219. The quantitative estimate of drug-likeness (QED) is 0.613. The maximum Gasteiger partial charge on any atom is 0.405 e. The van der Waals surface area contributed by atoms with Crippen molar-refractivity contribution < 1.29 is 19.4 Å². The van der Waals surface area contributed by atoms with Crippen molar-refractivity contribution in [1.29, 1.82) is 0 Å². The van der Waals surface area contributed by atoms with Gasteiger partial charge in [0.1, 0.15) is 18.2 Å². The number of hydrogen-bond donors (Lipinski definition) is 2. The summed E-state index contributed by atoms with van der Waals surface area (Å²) in [7, 11) is 0. The molecule has 3 heterocycles. The number of amides is 2. The highest BCUT2D eigenvalue weighted by molar-refractivity contribution is 6.30. The predicted octanol–water partition coefficient (Wildman–Crippen LogP) is 4.22. The van der Waals surface area contributed by atoms with Crippen LogP contribution in [-0.4, -0.2) is 63.7 Å². The molecule has 2 unspecified atom stereocenters. The molecule has 4 atom stereocenters. The molecular formula is C26H34ClN5O4. The molecule has 1 aromatic carbocycles. The van der Waals surface area contributed by atoms with Crippen LogP contribution in [0, 0.1) is 5.41 Å². The zero-order valence-corrected chi connectivity index (χ0v) is 22.1. The maximum absolute atomic E-state index is 13.9. The van der Waals surface area contributed by atoms with E-state index in [9.17, 15) is 14.7 Å². The maximum atomic E-state index is 13.9. The van der Waals surface area contributed by atoms with Gasteiger partial charge in [0.2, 0.25) is 5.91 Å². The summed E-state index contributed by atoms with van der Waals surface area (Å²) in [4.78, 5) is 38.6. The number of fused-ring (bicyclic) bond motifs is 1. The minimum absolute atomic E-state index is 0.0244. The van der Waals surface area contributed by atoms with Gasteiger partial charge in [-0.25, -0.2) is 14.8 Å². The Morgan fingerprint density at radius 3 is 2.47 bits per heavy atom. The van der Waals surface area contributed by atoms with E-state index >= 15 is 0 Å². The first-order chi connectivity index (χ1) is 17.0. The molecule has 0 aliphatic carbocycles. The Morgan fingerprint density at radius 1 is 1.17 bits per heavy atom. The largest absolute Gasteiger partial charge is 0.465 e. The van der Waals surface area contributed by atoms with Gasteiger partial charge in [0.15, 0.2) is 0 Å². The van der Waals surface area contributed by atoms with Gasteiger partial charge in [0.05, 0.1) is 18.4 Å². The Balaban J connectivity index is 1.59. The van der Waals surface area contributed by atoms with Gasteiger partial charge in [-0.05, 0) is 37.0 Å². The van der Waals surface area contributed by atoms with E-state index in [0.29, 0.717) is 31.3 Å². The molecule has 4 rings (SSSR count). The number of nitrogens with zero attached hydrogens (tertiary/aromatic N) is 4. The van der Waals surface area contributed by atoms with Crippen LogP contribution in [0.1, 0.15) is 63.5 Å². The van der Waals surface area contributed by atoms with Crippen LogP contribution in [0.2, 0.25) is 5.02 Å². The minimum Gasteiger partial charge on any atom is -0.465 e. The minimum atomic E-state index is -1.23. The van der Waals surface area contributed by atoms with Crippen molar-refractivity contribution in [3.8, 4) is 0 Å². The molecule has 1 saturated heterocycles. The normalized spacial score (nSPS) is 21.6. The fourth-order valence-corrected chi connectivity index (χ4v) is 5.55. The Labute approximate surface area is 216 Å². The van der Waals surface area contributed by atoms with Gasteiger partial charge >= 0.3 is 6.09 Å². The molecule has 0 bridgehead atoms. The Kier molecular flexibility index (Phi) is 7.43. The number of piperazine rings is 1. The van der Waals surface area contributed by atoms with Crippen molar-refractivity contribution in [3.63, 3.8) is 0 Å². The van der Waals surface area contributed by atoms with Gasteiger partial charge in [-0.3, -0.25) is 4.79 Å². The Hall–Kier alpha value is -2.91. The topological polar surface area (TPSA) is 108 Å². The van der Waals surface area contributed by atoms with Crippen LogP contribution in [0.3, 0.4) is 0 Å². The number of ether oxygens (including phenoxy) is 1. The van der Waals surface area contributed by atoms with Crippen LogP contribution in [0.15, 0.2) is 30.6 Å². The van der Waals surface area contributed by atoms with Crippen LogP contribution < -0.4 is 10.2 Å². The lowest BCUT2D eigenvalue weighted by Crippen LogP contribution is -2.60. The van der Waals surface area contributed by atoms with Crippen LogP contribution >= 0.6 is 11.6 Å². The summed E-state index contributed by atoms with van der Waals surface area (Å²) in [6, 6.07) is 6.29. The molecule has 2 aliphatic heterocycles. The van der Waals surface area contributed by atoms with E-state index in [1.807, 2.05) is 39.8 Å². The summed E-state index contributed by atoms with van der Waals surface area (Å²) in [5, 5.41) is 12.8. The average molecular weight is 516 g/mol. The van der Waals surface area contributed by atoms with Gasteiger partial charge in [0.25, 0.3) is 0 Å². The third-order valence-corrected chi connectivity index (χ3v) is 7.33. The molecule has 36 heavy (non-hydrogen) atoms. The van der Waals surface area contributed by atoms with Crippen LogP contribution in [0.5, 0.6) is 0 Å². The molecular weight excluding hydrogens is 482 g/mol. The molecule has 10 heteroatoms.